The zero-order valence-corrected chi connectivity index (χ0v) is 15.6. The van der Waals surface area contributed by atoms with E-state index >= 15 is 0 Å². The molecule has 0 radical (unpaired) electrons. The van der Waals surface area contributed by atoms with Crippen molar-refractivity contribution in [3.05, 3.63) is 64.3 Å². The SMILES string of the molecule is CNc1nc(SCc2ccc([NH+]=O)o2)c(C#N)c(-c2ccccc2)c1C#N.[OH-]. The lowest BCUT2D eigenvalue weighted by Crippen LogP contribution is -2.55. The molecule has 9 heteroatoms. The van der Waals surface area contributed by atoms with Crippen LogP contribution in [0.3, 0.4) is 0 Å². The summed E-state index contributed by atoms with van der Waals surface area (Å²) in [5.41, 5.74) is 1.96. The number of hydrogen-bond donors (Lipinski definition) is 2. The van der Waals surface area contributed by atoms with Crippen LogP contribution in [0.1, 0.15) is 16.9 Å². The normalized spacial score (nSPS) is 9.68. The summed E-state index contributed by atoms with van der Waals surface area (Å²) in [6.07, 6.45) is 0. The van der Waals surface area contributed by atoms with Crippen LogP contribution in [0.2, 0.25) is 0 Å². The molecule has 0 aliphatic rings. The predicted octanol–water partition coefficient (Wildman–Crippen LogP) is 2.72. The van der Waals surface area contributed by atoms with Gasteiger partial charge in [0, 0.05) is 17.5 Å². The molecule has 2 heterocycles. The summed E-state index contributed by atoms with van der Waals surface area (Å²) in [5.74, 6) is 1.48. The van der Waals surface area contributed by atoms with Crippen molar-refractivity contribution in [2.45, 2.75) is 10.8 Å². The largest absolute Gasteiger partial charge is 0.870 e. The standard InChI is InChI=1S/C19H13N5O2S.H2O/c1-22-18-14(9-20)17(12-5-3-2-4-6-12)15(10-21)19(23-18)27-11-13-7-8-16(24-25)26-13;/h2-8H,11H2,1H3,(H,22,23);1H2. The second kappa shape index (κ2) is 9.33. The van der Waals surface area contributed by atoms with Crippen LogP contribution in [0.5, 0.6) is 0 Å². The fourth-order valence-electron chi connectivity index (χ4n) is 2.60. The van der Waals surface area contributed by atoms with Gasteiger partial charge in [0.2, 0.25) is 0 Å². The molecule has 0 saturated carbocycles. The summed E-state index contributed by atoms with van der Waals surface area (Å²) in [5, 5.41) is 24.5. The monoisotopic (exact) mass is 393 g/mol. The van der Waals surface area contributed by atoms with E-state index in [1.54, 1.807) is 18.3 Å². The predicted molar refractivity (Wildman–Crippen MR) is 103 cm³/mol. The summed E-state index contributed by atoms with van der Waals surface area (Å²) in [7, 11) is 1.68. The fourth-order valence-corrected chi connectivity index (χ4v) is 3.49. The Morgan fingerprint density at radius 1 is 1.14 bits per heavy atom. The van der Waals surface area contributed by atoms with Crippen molar-refractivity contribution < 1.29 is 15.1 Å². The highest BCUT2D eigenvalue weighted by Gasteiger charge is 2.21. The van der Waals surface area contributed by atoms with E-state index in [0.29, 0.717) is 39.0 Å². The van der Waals surface area contributed by atoms with Crippen molar-refractivity contribution in [3.63, 3.8) is 0 Å². The van der Waals surface area contributed by atoms with Gasteiger partial charge in [-0.3, -0.25) is 0 Å². The zero-order chi connectivity index (χ0) is 19.2. The molecule has 28 heavy (non-hydrogen) atoms. The minimum absolute atomic E-state index is 0. The highest BCUT2D eigenvalue weighted by molar-refractivity contribution is 7.98. The Hall–Kier alpha value is -3.66. The van der Waals surface area contributed by atoms with Crippen molar-refractivity contribution in [2.24, 2.45) is 0 Å². The van der Waals surface area contributed by atoms with Gasteiger partial charge in [-0.2, -0.15) is 10.5 Å². The number of nitriles is 2. The molecule has 0 aliphatic heterocycles. The number of aromatic nitrogens is 1. The smallest absolute Gasteiger partial charge is 0.418 e. The quantitative estimate of drug-likeness (QED) is 0.608. The lowest BCUT2D eigenvalue weighted by molar-refractivity contribution is -0.398. The number of hydrogen-bond acceptors (Lipinski definition) is 8. The molecule has 0 spiro atoms. The molecule has 3 aromatic rings. The highest BCUT2D eigenvalue weighted by atomic mass is 32.2. The summed E-state index contributed by atoms with van der Waals surface area (Å²) < 4.78 is 5.32. The number of thioether (sulfide) groups is 1. The lowest BCUT2D eigenvalue weighted by Gasteiger charge is -2.14. The molecule has 0 aliphatic carbocycles. The molecular formula is C19H15N5O3S. The molecule has 8 nitrogen and oxygen atoms in total. The Bertz CT molecular complexity index is 1070. The van der Waals surface area contributed by atoms with Gasteiger partial charge in [-0.25, -0.2) is 4.98 Å². The maximum Gasteiger partial charge on any atom is 0.418 e. The van der Waals surface area contributed by atoms with Gasteiger partial charge in [-0.15, -0.1) is 0 Å². The van der Waals surface area contributed by atoms with Crippen LogP contribution in [0.4, 0.5) is 11.7 Å². The fraction of sp³-hybridized carbons (Fsp3) is 0.105. The highest BCUT2D eigenvalue weighted by Crippen LogP contribution is 2.37. The third-order valence-electron chi connectivity index (χ3n) is 3.80. The van der Waals surface area contributed by atoms with Gasteiger partial charge in [0.05, 0.1) is 22.6 Å². The van der Waals surface area contributed by atoms with Gasteiger partial charge in [0.25, 0.3) is 0 Å². The number of benzene rings is 1. The molecule has 2 aromatic heterocycles. The Balaban J connectivity index is 0.00000280. The average molecular weight is 393 g/mol. The van der Waals surface area contributed by atoms with Crippen LogP contribution < -0.4 is 10.5 Å². The number of rotatable bonds is 6. The number of nitrogens with one attached hydrogen (secondary N) is 2. The molecule has 0 bridgehead atoms. The maximum atomic E-state index is 10.6. The summed E-state index contributed by atoms with van der Waals surface area (Å²) in [6, 6.07) is 16.8. The summed E-state index contributed by atoms with van der Waals surface area (Å²) in [4.78, 5) is 15.1. The van der Waals surface area contributed by atoms with Crippen molar-refractivity contribution in [3.8, 4) is 23.3 Å². The Labute approximate surface area is 165 Å². The number of anilines is 1. The van der Waals surface area contributed by atoms with E-state index in [-0.39, 0.29) is 11.4 Å². The van der Waals surface area contributed by atoms with Gasteiger partial charge in [0.15, 0.2) is 0 Å². The maximum absolute atomic E-state index is 10.6. The van der Waals surface area contributed by atoms with Crippen LogP contribution in [0.25, 0.3) is 11.1 Å². The van der Waals surface area contributed by atoms with E-state index in [1.807, 2.05) is 30.3 Å². The first-order valence-electron chi connectivity index (χ1n) is 7.92. The zero-order valence-electron chi connectivity index (χ0n) is 14.8. The summed E-state index contributed by atoms with van der Waals surface area (Å²) in [6.45, 7) is 0. The number of nitrogens with zero attached hydrogens (tertiary/aromatic N) is 3. The first-order chi connectivity index (χ1) is 13.2. The second-order valence-corrected chi connectivity index (χ2v) is 6.35. The van der Waals surface area contributed by atoms with E-state index in [4.69, 9.17) is 4.42 Å². The van der Waals surface area contributed by atoms with Crippen LogP contribution >= 0.6 is 11.8 Å². The minimum atomic E-state index is 0. The Morgan fingerprint density at radius 3 is 2.43 bits per heavy atom. The van der Waals surface area contributed by atoms with Gasteiger partial charge < -0.3 is 15.2 Å². The molecule has 3 rings (SSSR count). The second-order valence-electron chi connectivity index (χ2n) is 5.39. The number of pyridine rings is 1. The third kappa shape index (κ3) is 4.01. The summed E-state index contributed by atoms with van der Waals surface area (Å²) >= 11 is 1.30. The average Bonchev–Trinajstić information content (AvgIpc) is 3.19. The van der Waals surface area contributed by atoms with Crippen LogP contribution in [0, 0.1) is 27.6 Å². The van der Waals surface area contributed by atoms with E-state index in [0.717, 1.165) is 5.56 Å². The molecule has 0 atom stereocenters. The van der Waals surface area contributed by atoms with Crippen LogP contribution in [0.15, 0.2) is 51.9 Å². The topological polar surface area (TPSA) is 147 Å². The minimum Gasteiger partial charge on any atom is -0.870 e. The van der Waals surface area contributed by atoms with Gasteiger partial charge in [-0.05, 0) is 11.6 Å². The molecule has 1 aromatic carbocycles. The van der Waals surface area contributed by atoms with Crippen molar-refractivity contribution >= 4 is 23.5 Å². The molecule has 0 fully saturated rings. The van der Waals surface area contributed by atoms with Gasteiger partial charge in [-0.1, -0.05) is 42.1 Å². The molecule has 3 N–H and O–H groups in total. The first kappa shape index (κ1) is 20.6. The van der Waals surface area contributed by atoms with E-state index in [9.17, 15) is 15.4 Å². The van der Waals surface area contributed by atoms with E-state index in [1.165, 1.54) is 17.8 Å². The van der Waals surface area contributed by atoms with E-state index < -0.39 is 0 Å². The van der Waals surface area contributed by atoms with Crippen molar-refractivity contribution in [1.82, 2.24) is 4.98 Å². The van der Waals surface area contributed by atoms with E-state index in [2.05, 4.69) is 22.4 Å². The van der Waals surface area contributed by atoms with Crippen LogP contribution in [-0.4, -0.2) is 17.5 Å². The third-order valence-corrected chi connectivity index (χ3v) is 4.80. The molecule has 0 unspecified atom stereocenters. The van der Waals surface area contributed by atoms with Crippen molar-refractivity contribution in [2.75, 3.05) is 12.4 Å². The van der Waals surface area contributed by atoms with Crippen molar-refractivity contribution in [1.29, 1.82) is 10.5 Å². The number of furan rings is 1. The number of nitroso groups, excluding NO2 is 1. The molecule has 140 valence electrons. The van der Waals surface area contributed by atoms with Crippen LogP contribution in [-0.2, 0) is 5.75 Å². The molecule has 0 saturated heterocycles. The Kier molecular flexibility index (Phi) is 6.88. The van der Waals surface area contributed by atoms with Gasteiger partial charge >= 0.3 is 5.88 Å². The first-order valence-corrected chi connectivity index (χ1v) is 8.91. The molecular weight excluding hydrogens is 378 g/mol. The van der Waals surface area contributed by atoms with Gasteiger partial charge in [0.1, 0.15) is 34.3 Å². The Morgan fingerprint density at radius 2 is 1.86 bits per heavy atom. The molecule has 0 amide bonds. The lowest BCUT2D eigenvalue weighted by atomic mass is 9.97.